The van der Waals surface area contributed by atoms with E-state index in [1.54, 1.807) is 32.9 Å². The van der Waals surface area contributed by atoms with Crippen LogP contribution in [0.1, 0.15) is 30.9 Å². The van der Waals surface area contributed by atoms with Gasteiger partial charge < -0.3 is 10.1 Å². The van der Waals surface area contributed by atoms with Crippen LogP contribution in [-0.2, 0) is 21.2 Å². The molecule has 0 fully saturated rings. The highest BCUT2D eigenvalue weighted by Gasteiger charge is 2.18. The Morgan fingerprint density at radius 3 is 2.44 bits per heavy atom. The molecule has 3 aromatic rings. The van der Waals surface area contributed by atoms with Crippen LogP contribution in [0.2, 0.25) is 0 Å². The lowest BCUT2D eigenvalue weighted by Crippen LogP contribution is -2.30. The molecule has 1 atom stereocenters. The van der Waals surface area contributed by atoms with E-state index >= 15 is 0 Å². The van der Waals surface area contributed by atoms with Crippen LogP contribution in [0.3, 0.4) is 0 Å². The van der Waals surface area contributed by atoms with Crippen LogP contribution in [0, 0.1) is 13.8 Å². The molecule has 0 radical (unpaired) electrons. The molecule has 0 saturated carbocycles. The van der Waals surface area contributed by atoms with Crippen LogP contribution in [-0.4, -0.2) is 30.4 Å². The molecule has 0 aliphatic carbocycles. The van der Waals surface area contributed by atoms with E-state index in [0.717, 1.165) is 12.0 Å². The molecular formula is C23H26N4O4S. The zero-order chi connectivity index (χ0) is 23.3. The summed E-state index contributed by atoms with van der Waals surface area (Å²) in [6.07, 6.45) is 0.148. The van der Waals surface area contributed by atoms with Crippen LogP contribution >= 0.6 is 0 Å². The fraction of sp³-hybridized carbons (Fsp3) is 0.261. The van der Waals surface area contributed by atoms with Gasteiger partial charge in [0.1, 0.15) is 17.4 Å². The van der Waals surface area contributed by atoms with Gasteiger partial charge in [-0.05, 0) is 69.2 Å². The first-order valence-corrected chi connectivity index (χ1v) is 11.7. The van der Waals surface area contributed by atoms with E-state index in [2.05, 4.69) is 20.0 Å². The molecule has 9 heteroatoms. The third kappa shape index (κ3) is 6.04. The smallest absolute Gasteiger partial charge is 0.265 e. The van der Waals surface area contributed by atoms with Crippen molar-refractivity contribution in [1.29, 1.82) is 0 Å². The standard InChI is InChI=1S/C23H26N4O4S/c1-5-18-7-6-8-20(14-18)31-16(3)23(28)26-19-9-11-21(12-10-19)32(29,30)27-22-13-15(2)24-17(4)25-22/h6-14,16H,5H2,1-4H3,(H,26,28)(H,24,25,27). The van der Waals surface area contributed by atoms with Gasteiger partial charge >= 0.3 is 0 Å². The Bertz CT molecular complexity index is 1190. The number of carbonyl (C=O) groups excluding carboxylic acids is 1. The summed E-state index contributed by atoms with van der Waals surface area (Å²) in [7, 11) is -3.83. The van der Waals surface area contributed by atoms with Gasteiger partial charge in [-0.1, -0.05) is 19.1 Å². The average Bonchev–Trinajstić information content (AvgIpc) is 2.73. The van der Waals surface area contributed by atoms with E-state index in [0.29, 0.717) is 23.0 Å². The van der Waals surface area contributed by atoms with Crippen molar-refractivity contribution < 1.29 is 17.9 Å². The monoisotopic (exact) mass is 454 g/mol. The number of rotatable bonds is 8. The fourth-order valence-corrected chi connectivity index (χ4v) is 4.02. The summed E-state index contributed by atoms with van der Waals surface area (Å²) >= 11 is 0. The first kappa shape index (κ1) is 23.2. The number of benzene rings is 2. The Hall–Kier alpha value is -3.46. The number of sulfonamides is 1. The van der Waals surface area contributed by atoms with Gasteiger partial charge in [0, 0.05) is 17.4 Å². The molecule has 8 nitrogen and oxygen atoms in total. The van der Waals surface area contributed by atoms with Gasteiger partial charge in [-0.25, -0.2) is 18.4 Å². The molecule has 1 heterocycles. The highest BCUT2D eigenvalue weighted by molar-refractivity contribution is 7.92. The normalized spacial score (nSPS) is 12.1. The molecule has 0 spiro atoms. The minimum atomic E-state index is -3.83. The van der Waals surface area contributed by atoms with Gasteiger partial charge in [-0.2, -0.15) is 0 Å². The zero-order valence-corrected chi connectivity index (χ0v) is 19.2. The maximum Gasteiger partial charge on any atom is 0.265 e. The van der Waals surface area contributed by atoms with E-state index in [-0.39, 0.29) is 16.6 Å². The number of ether oxygens (including phenoxy) is 1. The molecule has 0 aliphatic heterocycles. The summed E-state index contributed by atoms with van der Waals surface area (Å²) < 4.78 is 33.5. The highest BCUT2D eigenvalue weighted by Crippen LogP contribution is 2.19. The summed E-state index contributed by atoms with van der Waals surface area (Å²) in [5, 5.41) is 2.73. The van der Waals surface area contributed by atoms with Crippen molar-refractivity contribution in [2.45, 2.75) is 45.1 Å². The molecule has 1 unspecified atom stereocenters. The molecule has 1 aromatic heterocycles. The Morgan fingerprint density at radius 1 is 1.06 bits per heavy atom. The van der Waals surface area contributed by atoms with E-state index in [9.17, 15) is 13.2 Å². The molecule has 3 rings (SSSR count). The average molecular weight is 455 g/mol. The van der Waals surface area contributed by atoms with Crippen molar-refractivity contribution in [2.75, 3.05) is 10.0 Å². The number of aryl methyl sites for hydroxylation is 3. The highest BCUT2D eigenvalue weighted by atomic mass is 32.2. The van der Waals surface area contributed by atoms with Crippen molar-refractivity contribution in [3.8, 4) is 5.75 Å². The minimum absolute atomic E-state index is 0.0464. The van der Waals surface area contributed by atoms with Crippen molar-refractivity contribution in [3.05, 3.63) is 71.7 Å². The van der Waals surface area contributed by atoms with E-state index in [1.165, 1.54) is 24.3 Å². The number of amides is 1. The van der Waals surface area contributed by atoms with Crippen LogP contribution < -0.4 is 14.8 Å². The number of nitrogens with zero attached hydrogens (tertiary/aromatic N) is 2. The van der Waals surface area contributed by atoms with Crippen LogP contribution in [0.5, 0.6) is 5.75 Å². The second kappa shape index (κ2) is 9.78. The quantitative estimate of drug-likeness (QED) is 0.535. The largest absolute Gasteiger partial charge is 0.481 e. The summed E-state index contributed by atoms with van der Waals surface area (Å²) in [5.74, 6) is 0.950. The summed E-state index contributed by atoms with van der Waals surface area (Å²) in [5.41, 5.74) is 2.24. The van der Waals surface area contributed by atoms with Gasteiger partial charge in [-0.15, -0.1) is 0 Å². The Kier molecular flexibility index (Phi) is 7.09. The zero-order valence-electron chi connectivity index (χ0n) is 18.4. The van der Waals surface area contributed by atoms with Gasteiger partial charge in [0.2, 0.25) is 0 Å². The molecular weight excluding hydrogens is 428 g/mol. The number of aromatic nitrogens is 2. The third-order valence-corrected chi connectivity index (χ3v) is 6.00. The molecule has 168 valence electrons. The number of nitrogens with one attached hydrogen (secondary N) is 2. The van der Waals surface area contributed by atoms with Gasteiger partial charge in [-0.3, -0.25) is 9.52 Å². The van der Waals surface area contributed by atoms with Crippen molar-refractivity contribution in [3.63, 3.8) is 0 Å². The SMILES string of the molecule is CCc1cccc(OC(C)C(=O)Nc2ccc(S(=O)(=O)Nc3cc(C)nc(C)n3)cc2)c1. The van der Waals surface area contributed by atoms with E-state index in [1.807, 2.05) is 25.1 Å². The fourth-order valence-electron chi connectivity index (χ4n) is 3.02. The third-order valence-electron chi connectivity index (χ3n) is 4.63. The number of hydrogen-bond donors (Lipinski definition) is 2. The van der Waals surface area contributed by atoms with Gasteiger partial charge in [0.25, 0.3) is 15.9 Å². The number of hydrogen-bond acceptors (Lipinski definition) is 6. The predicted octanol–water partition coefficient (Wildman–Crippen LogP) is 3.86. The summed E-state index contributed by atoms with van der Waals surface area (Å²) in [4.78, 5) is 20.7. The lowest BCUT2D eigenvalue weighted by atomic mass is 10.2. The minimum Gasteiger partial charge on any atom is -0.481 e. The Labute approximate surface area is 188 Å². The Morgan fingerprint density at radius 2 is 1.78 bits per heavy atom. The first-order valence-electron chi connectivity index (χ1n) is 10.2. The maximum absolute atomic E-state index is 12.6. The Balaban J connectivity index is 1.64. The lowest BCUT2D eigenvalue weighted by molar-refractivity contribution is -0.122. The van der Waals surface area contributed by atoms with E-state index < -0.39 is 16.1 Å². The molecule has 0 aliphatic rings. The van der Waals surface area contributed by atoms with Gasteiger partial charge in [0.15, 0.2) is 6.10 Å². The molecule has 0 bridgehead atoms. The lowest BCUT2D eigenvalue weighted by Gasteiger charge is -2.15. The van der Waals surface area contributed by atoms with Gasteiger partial charge in [0.05, 0.1) is 4.90 Å². The maximum atomic E-state index is 12.6. The molecule has 1 amide bonds. The van der Waals surface area contributed by atoms with Crippen molar-refractivity contribution in [2.24, 2.45) is 0 Å². The van der Waals surface area contributed by atoms with E-state index in [4.69, 9.17) is 4.74 Å². The second-order valence-electron chi connectivity index (χ2n) is 7.32. The topological polar surface area (TPSA) is 110 Å². The predicted molar refractivity (Wildman–Crippen MR) is 123 cm³/mol. The van der Waals surface area contributed by atoms with Crippen molar-refractivity contribution >= 4 is 27.4 Å². The van der Waals surface area contributed by atoms with Crippen LogP contribution in [0.4, 0.5) is 11.5 Å². The van der Waals surface area contributed by atoms with Crippen molar-refractivity contribution in [1.82, 2.24) is 9.97 Å². The number of carbonyl (C=O) groups is 1. The van der Waals surface area contributed by atoms with Crippen LogP contribution in [0.25, 0.3) is 0 Å². The second-order valence-corrected chi connectivity index (χ2v) is 9.00. The first-order chi connectivity index (χ1) is 15.2. The number of anilines is 2. The molecule has 2 N–H and O–H groups in total. The molecule has 0 saturated heterocycles. The summed E-state index contributed by atoms with van der Waals surface area (Å²) in [6.45, 7) is 7.15. The van der Waals surface area contributed by atoms with Crippen LogP contribution in [0.15, 0.2) is 59.5 Å². The molecule has 2 aromatic carbocycles. The molecule has 32 heavy (non-hydrogen) atoms. The summed E-state index contributed by atoms with van der Waals surface area (Å²) in [6, 6.07) is 15.0.